The maximum Gasteiger partial charge on any atom is 0.164 e. The molecule has 11 aromatic rings. The molecule has 0 saturated carbocycles. The van der Waals surface area contributed by atoms with Crippen LogP contribution in [-0.2, 0) is 5.41 Å². The van der Waals surface area contributed by atoms with E-state index in [-0.39, 0.29) is 0 Å². The van der Waals surface area contributed by atoms with E-state index in [2.05, 4.69) is 199 Å². The average Bonchev–Trinajstić information content (AvgIpc) is 3.71. The van der Waals surface area contributed by atoms with Crippen LogP contribution in [0.2, 0.25) is 0 Å². The summed E-state index contributed by atoms with van der Waals surface area (Å²) in [7, 11) is 0. The van der Waals surface area contributed by atoms with Crippen molar-refractivity contribution in [3.05, 3.63) is 277 Å². The van der Waals surface area contributed by atoms with Gasteiger partial charge >= 0.3 is 0 Å². The van der Waals surface area contributed by atoms with Gasteiger partial charge in [0, 0.05) is 22.4 Å². The number of benzene rings is 10. The normalized spacial score (nSPS) is 12.8. The molecule has 13 rings (SSSR count). The summed E-state index contributed by atoms with van der Waals surface area (Å²) in [6.07, 6.45) is 0. The molecular formula is C64H42N4. The fourth-order valence-electron chi connectivity index (χ4n) is 10.7. The van der Waals surface area contributed by atoms with Crippen molar-refractivity contribution in [2.75, 3.05) is 4.90 Å². The first-order chi connectivity index (χ1) is 33.7. The lowest BCUT2D eigenvalue weighted by molar-refractivity contribution is 0.753. The van der Waals surface area contributed by atoms with Crippen molar-refractivity contribution in [2.45, 2.75) is 5.41 Å². The van der Waals surface area contributed by atoms with Crippen LogP contribution in [0, 0.1) is 0 Å². The molecule has 4 nitrogen and oxygen atoms in total. The van der Waals surface area contributed by atoms with Crippen LogP contribution in [0.15, 0.2) is 255 Å². The molecule has 1 aliphatic carbocycles. The van der Waals surface area contributed by atoms with Gasteiger partial charge in [-0.3, -0.25) is 0 Å². The predicted octanol–water partition coefficient (Wildman–Crippen LogP) is 16.0. The summed E-state index contributed by atoms with van der Waals surface area (Å²) in [5.41, 5.74) is 20.5. The molecule has 4 heteroatoms. The molecule has 10 aromatic carbocycles. The molecule has 0 bridgehead atoms. The third-order valence-electron chi connectivity index (χ3n) is 13.7. The average molecular weight is 867 g/mol. The second kappa shape index (κ2) is 16.2. The molecule has 0 N–H and O–H groups in total. The second-order valence-corrected chi connectivity index (χ2v) is 17.5. The summed E-state index contributed by atoms with van der Waals surface area (Å²) in [4.78, 5) is 17.4. The molecule has 0 unspecified atom stereocenters. The smallest absolute Gasteiger partial charge is 0.164 e. The first-order valence-electron chi connectivity index (χ1n) is 23.2. The molecule has 0 fully saturated rings. The van der Waals surface area contributed by atoms with Gasteiger partial charge in [0.2, 0.25) is 0 Å². The van der Waals surface area contributed by atoms with E-state index in [1.807, 2.05) is 60.7 Å². The quantitative estimate of drug-likeness (QED) is 0.160. The lowest BCUT2D eigenvalue weighted by Gasteiger charge is -2.45. The molecule has 318 valence electrons. The van der Waals surface area contributed by atoms with Crippen molar-refractivity contribution in [3.63, 3.8) is 0 Å². The lowest BCUT2D eigenvalue weighted by Crippen LogP contribution is -2.36. The van der Waals surface area contributed by atoms with Crippen LogP contribution in [0.4, 0.5) is 17.1 Å². The summed E-state index contributed by atoms with van der Waals surface area (Å²) in [6, 6.07) is 91.5. The van der Waals surface area contributed by atoms with Crippen LogP contribution < -0.4 is 4.90 Å². The van der Waals surface area contributed by atoms with E-state index in [4.69, 9.17) is 15.0 Å². The number of aromatic nitrogens is 3. The molecule has 0 saturated heterocycles. The van der Waals surface area contributed by atoms with Crippen LogP contribution in [0.25, 0.3) is 78.7 Å². The van der Waals surface area contributed by atoms with Crippen molar-refractivity contribution >= 4 is 17.1 Å². The van der Waals surface area contributed by atoms with Crippen LogP contribution in [0.1, 0.15) is 22.3 Å². The van der Waals surface area contributed by atoms with Crippen molar-refractivity contribution in [1.82, 2.24) is 15.0 Å². The minimum absolute atomic E-state index is 0.519. The summed E-state index contributed by atoms with van der Waals surface area (Å²) in [6.45, 7) is 0. The molecule has 0 radical (unpaired) electrons. The highest BCUT2D eigenvalue weighted by molar-refractivity contribution is 5.96. The Hall–Kier alpha value is -8.99. The Balaban J connectivity index is 0.892. The lowest BCUT2D eigenvalue weighted by atomic mass is 9.64. The van der Waals surface area contributed by atoms with Crippen molar-refractivity contribution in [1.29, 1.82) is 0 Å². The Labute approximate surface area is 396 Å². The van der Waals surface area contributed by atoms with Gasteiger partial charge in [0.25, 0.3) is 0 Å². The van der Waals surface area contributed by atoms with Crippen LogP contribution in [0.5, 0.6) is 0 Å². The number of hydrogen-bond acceptors (Lipinski definition) is 4. The number of para-hydroxylation sites is 3. The van der Waals surface area contributed by atoms with Gasteiger partial charge in [-0.1, -0.05) is 206 Å². The van der Waals surface area contributed by atoms with Gasteiger partial charge in [0.1, 0.15) is 0 Å². The van der Waals surface area contributed by atoms with Gasteiger partial charge in [-0.15, -0.1) is 0 Å². The van der Waals surface area contributed by atoms with Gasteiger partial charge in [-0.05, 0) is 115 Å². The van der Waals surface area contributed by atoms with E-state index in [0.29, 0.717) is 17.5 Å². The van der Waals surface area contributed by atoms with Gasteiger partial charge < -0.3 is 4.90 Å². The van der Waals surface area contributed by atoms with E-state index in [1.54, 1.807) is 0 Å². The van der Waals surface area contributed by atoms with Crippen LogP contribution in [0.3, 0.4) is 0 Å². The zero-order valence-electron chi connectivity index (χ0n) is 37.0. The molecule has 2 aliphatic rings. The monoisotopic (exact) mass is 866 g/mol. The molecule has 1 aliphatic heterocycles. The molecule has 0 atom stereocenters. The second-order valence-electron chi connectivity index (χ2n) is 17.5. The Morgan fingerprint density at radius 2 is 0.618 bits per heavy atom. The Morgan fingerprint density at radius 3 is 1.15 bits per heavy atom. The molecule has 0 amide bonds. The van der Waals surface area contributed by atoms with Crippen LogP contribution >= 0.6 is 0 Å². The zero-order valence-corrected chi connectivity index (χ0v) is 37.0. The largest absolute Gasteiger partial charge is 0.310 e. The van der Waals surface area contributed by atoms with E-state index in [1.165, 1.54) is 55.9 Å². The molecule has 1 aromatic heterocycles. The third-order valence-corrected chi connectivity index (χ3v) is 13.7. The summed E-state index contributed by atoms with van der Waals surface area (Å²) in [5.74, 6) is 1.93. The number of rotatable bonds is 7. The molecule has 1 spiro atoms. The minimum atomic E-state index is -0.519. The minimum Gasteiger partial charge on any atom is -0.310 e. The van der Waals surface area contributed by atoms with Gasteiger partial charge in [-0.25, -0.2) is 15.0 Å². The third kappa shape index (κ3) is 6.41. The number of nitrogens with zero attached hydrogens (tertiary/aromatic N) is 4. The van der Waals surface area contributed by atoms with E-state index in [0.717, 1.165) is 44.6 Å². The first-order valence-corrected chi connectivity index (χ1v) is 23.2. The molecule has 2 heterocycles. The number of anilines is 3. The van der Waals surface area contributed by atoms with Gasteiger partial charge in [0.15, 0.2) is 17.5 Å². The highest BCUT2D eigenvalue weighted by Crippen LogP contribution is 2.63. The summed E-state index contributed by atoms with van der Waals surface area (Å²) in [5, 5.41) is 0. The number of hydrogen-bond donors (Lipinski definition) is 0. The predicted molar refractivity (Wildman–Crippen MR) is 278 cm³/mol. The SMILES string of the molecule is c1ccc(-c2nc(-c3ccccc3)nc(-c3cccc(-c4cccc(-c5cccc(-c6ccc7c(c6)C6(c8ccccc8-7)c7ccccc7N(c7ccccc7)c7ccccc76)c5)c4)c3)n2)cc1. The zero-order chi connectivity index (χ0) is 45.0. The maximum atomic E-state index is 5.01. The fourth-order valence-corrected chi connectivity index (χ4v) is 10.7. The summed E-state index contributed by atoms with van der Waals surface area (Å²) >= 11 is 0. The van der Waals surface area contributed by atoms with Crippen molar-refractivity contribution < 1.29 is 0 Å². The summed E-state index contributed by atoms with van der Waals surface area (Å²) < 4.78 is 0. The molecule has 68 heavy (non-hydrogen) atoms. The fraction of sp³-hybridized carbons (Fsp3) is 0.0156. The number of fused-ring (bicyclic) bond motifs is 9. The first kappa shape index (κ1) is 39.4. The topological polar surface area (TPSA) is 41.9 Å². The van der Waals surface area contributed by atoms with Crippen LogP contribution in [-0.4, -0.2) is 15.0 Å². The van der Waals surface area contributed by atoms with E-state index in [9.17, 15) is 0 Å². The Kier molecular flexibility index (Phi) is 9.36. The standard InChI is InChI=1S/C64H42N4/c1-4-19-43(20-5-1)61-65-62(44-21-6-2-7-22-44)67-63(66-61)51-28-18-27-49(41-51)47-25-16-23-45(39-47)46-24-17-26-48(40-46)50-37-38-54-53-31-10-11-32-55(53)64(58(54)42-50)56-33-12-14-35-59(56)68(52-29-8-3-9-30-52)60-36-15-13-34-57(60)64/h1-42H. The van der Waals surface area contributed by atoms with E-state index < -0.39 is 5.41 Å². The highest BCUT2D eigenvalue weighted by atomic mass is 15.2. The van der Waals surface area contributed by atoms with Crippen molar-refractivity contribution in [2.24, 2.45) is 0 Å². The van der Waals surface area contributed by atoms with Gasteiger partial charge in [-0.2, -0.15) is 0 Å². The van der Waals surface area contributed by atoms with Gasteiger partial charge in [0.05, 0.1) is 16.8 Å². The Morgan fingerprint density at radius 1 is 0.250 bits per heavy atom. The highest BCUT2D eigenvalue weighted by Gasteiger charge is 2.51. The van der Waals surface area contributed by atoms with Crippen molar-refractivity contribution in [3.8, 4) is 78.7 Å². The molecular weight excluding hydrogens is 825 g/mol. The maximum absolute atomic E-state index is 5.01. The van der Waals surface area contributed by atoms with E-state index >= 15 is 0 Å². The Bertz CT molecular complexity index is 3590.